The maximum Gasteiger partial charge on any atom is 0.408 e. The minimum Gasteiger partial charge on any atom is -0.458 e. The number of carbonyl (C=O) groups is 7. The fraction of sp³-hybridized carbons (Fsp3) is 0.639. The zero-order chi connectivity index (χ0) is 40.5. The van der Waals surface area contributed by atoms with E-state index < -0.39 is 89.1 Å². The molecule has 1 aromatic rings. The SMILES string of the molecule is CSCC[C@H](NC(=O)[C@H](C)NC(=O)OCc1ccccc1)C(=O)N[C@@H](C)C(=O)N[C@@H](COC(C)(C)C)C(=O)N[C@@H](C)C(=O)N[C@@H](C)C(=O)OC(C)(C)C. The second kappa shape index (κ2) is 22.0. The van der Waals surface area contributed by atoms with Gasteiger partial charge in [-0.2, -0.15) is 11.8 Å². The van der Waals surface area contributed by atoms with Gasteiger partial charge in [-0.1, -0.05) is 30.3 Å². The number of esters is 1. The lowest BCUT2D eigenvalue weighted by atomic mass is 10.1. The van der Waals surface area contributed by atoms with Crippen molar-refractivity contribution in [1.29, 1.82) is 0 Å². The van der Waals surface area contributed by atoms with E-state index in [0.29, 0.717) is 5.75 Å². The Balaban J connectivity index is 2.89. The maximum absolute atomic E-state index is 13.3. The highest BCUT2D eigenvalue weighted by Crippen LogP contribution is 2.10. The molecule has 0 aliphatic rings. The fourth-order valence-electron chi connectivity index (χ4n) is 4.17. The number of hydrogen-bond donors (Lipinski definition) is 6. The van der Waals surface area contributed by atoms with E-state index in [1.807, 2.05) is 12.3 Å². The largest absolute Gasteiger partial charge is 0.458 e. The first-order chi connectivity index (χ1) is 24.5. The van der Waals surface area contributed by atoms with Gasteiger partial charge in [0.1, 0.15) is 48.5 Å². The zero-order valence-electron chi connectivity index (χ0n) is 32.7. The van der Waals surface area contributed by atoms with Gasteiger partial charge in [0.25, 0.3) is 0 Å². The van der Waals surface area contributed by atoms with Crippen LogP contribution in [0.25, 0.3) is 0 Å². The molecule has 0 spiro atoms. The molecule has 53 heavy (non-hydrogen) atoms. The third-order valence-electron chi connectivity index (χ3n) is 7.12. The Morgan fingerprint density at radius 2 is 1.09 bits per heavy atom. The summed E-state index contributed by atoms with van der Waals surface area (Å²) in [6.07, 6.45) is 1.23. The van der Waals surface area contributed by atoms with Gasteiger partial charge in [-0.15, -0.1) is 0 Å². The standard InChI is InChI=1S/C36H58N6O10S/c1-21(28(43)39-24(4)33(48)52-36(8,9)10)38-32(47)27(20-51-35(5,6)7)42-29(44)22(2)37-31(46)26(17-18-53-11)41-30(45)23(3)40-34(49)50-19-25-15-13-12-14-16-25/h12-16,21-24,26-27H,17-20H2,1-11H3,(H,37,46)(H,38,47)(H,39,43)(H,40,49)(H,41,45)(H,42,44)/t21-,22-,23-,24-,26-,27-/m0/s1. The van der Waals surface area contributed by atoms with Crippen molar-refractivity contribution in [2.75, 3.05) is 18.6 Å². The molecule has 0 fully saturated rings. The van der Waals surface area contributed by atoms with Gasteiger partial charge in [0.15, 0.2) is 0 Å². The summed E-state index contributed by atoms with van der Waals surface area (Å²) in [4.78, 5) is 90.2. The first kappa shape index (κ1) is 46.6. The van der Waals surface area contributed by atoms with Crippen molar-refractivity contribution in [3.05, 3.63) is 35.9 Å². The zero-order valence-corrected chi connectivity index (χ0v) is 33.5. The van der Waals surface area contributed by atoms with Gasteiger partial charge in [0, 0.05) is 0 Å². The molecule has 0 bridgehead atoms. The topological polar surface area (TPSA) is 219 Å². The molecule has 0 aromatic heterocycles. The van der Waals surface area contributed by atoms with Gasteiger partial charge in [-0.25, -0.2) is 9.59 Å². The smallest absolute Gasteiger partial charge is 0.408 e. The molecule has 6 atom stereocenters. The van der Waals surface area contributed by atoms with E-state index in [0.717, 1.165) is 5.56 Å². The molecule has 0 heterocycles. The van der Waals surface area contributed by atoms with E-state index in [1.54, 1.807) is 65.8 Å². The van der Waals surface area contributed by atoms with Crippen molar-refractivity contribution in [2.24, 2.45) is 0 Å². The molecule has 6 N–H and O–H groups in total. The molecular weight excluding hydrogens is 708 g/mol. The Kier molecular flexibility index (Phi) is 19.3. The minimum atomic E-state index is -1.28. The second-order valence-corrected chi connectivity index (χ2v) is 15.5. The van der Waals surface area contributed by atoms with E-state index in [9.17, 15) is 33.6 Å². The molecule has 0 aliphatic carbocycles. The summed E-state index contributed by atoms with van der Waals surface area (Å²) < 4.78 is 16.2. The summed E-state index contributed by atoms with van der Waals surface area (Å²) in [7, 11) is 0. The third kappa shape index (κ3) is 19.3. The molecule has 0 radical (unpaired) electrons. The monoisotopic (exact) mass is 766 g/mol. The van der Waals surface area contributed by atoms with Gasteiger partial charge < -0.3 is 46.1 Å². The van der Waals surface area contributed by atoms with Crippen LogP contribution in [0.5, 0.6) is 0 Å². The highest BCUT2D eigenvalue weighted by molar-refractivity contribution is 7.98. The van der Waals surface area contributed by atoms with Gasteiger partial charge in [-0.3, -0.25) is 24.0 Å². The molecule has 1 aromatic carbocycles. The van der Waals surface area contributed by atoms with Crippen LogP contribution in [-0.4, -0.2) is 108 Å². The van der Waals surface area contributed by atoms with Crippen LogP contribution in [0.3, 0.4) is 0 Å². The summed E-state index contributed by atoms with van der Waals surface area (Å²) >= 11 is 1.45. The lowest BCUT2D eigenvalue weighted by Crippen LogP contribution is -2.59. The molecule has 0 saturated heterocycles. The van der Waals surface area contributed by atoms with Crippen LogP contribution in [0, 0.1) is 0 Å². The van der Waals surface area contributed by atoms with Crippen LogP contribution in [0.4, 0.5) is 4.79 Å². The highest BCUT2D eigenvalue weighted by atomic mass is 32.2. The molecule has 0 saturated carbocycles. The Labute approximate surface area is 316 Å². The Morgan fingerprint density at radius 3 is 1.60 bits per heavy atom. The van der Waals surface area contributed by atoms with Crippen molar-refractivity contribution in [1.82, 2.24) is 31.9 Å². The average Bonchev–Trinajstić information content (AvgIpc) is 3.06. The summed E-state index contributed by atoms with van der Waals surface area (Å²) in [5, 5.41) is 15.2. The van der Waals surface area contributed by atoms with Crippen molar-refractivity contribution >= 4 is 53.4 Å². The van der Waals surface area contributed by atoms with Gasteiger partial charge in [-0.05, 0) is 93.2 Å². The van der Waals surface area contributed by atoms with Gasteiger partial charge >= 0.3 is 12.1 Å². The van der Waals surface area contributed by atoms with Crippen molar-refractivity contribution in [3.8, 4) is 0 Å². The molecule has 0 aliphatic heterocycles. The minimum absolute atomic E-state index is 0.00799. The second-order valence-electron chi connectivity index (χ2n) is 14.5. The van der Waals surface area contributed by atoms with Crippen LogP contribution < -0.4 is 31.9 Å². The summed E-state index contributed by atoms with van der Waals surface area (Å²) in [5.41, 5.74) is -0.684. The molecule has 298 valence electrons. The number of nitrogens with one attached hydrogen (secondary N) is 6. The highest BCUT2D eigenvalue weighted by Gasteiger charge is 2.31. The lowest BCUT2D eigenvalue weighted by Gasteiger charge is -2.27. The Hall–Kier alpha value is -4.38. The number of ether oxygens (including phenoxy) is 3. The summed E-state index contributed by atoms with van der Waals surface area (Å²) in [5.74, 6) is -3.61. The Bertz CT molecular complexity index is 1400. The van der Waals surface area contributed by atoms with E-state index in [1.165, 1.54) is 39.5 Å². The lowest BCUT2D eigenvalue weighted by molar-refractivity contribution is -0.158. The maximum atomic E-state index is 13.3. The van der Waals surface area contributed by atoms with E-state index in [4.69, 9.17) is 14.2 Å². The first-order valence-corrected chi connectivity index (χ1v) is 18.8. The fourth-order valence-corrected chi connectivity index (χ4v) is 4.64. The molecular formula is C36H58N6O10S. The molecule has 17 heteroatoms. The van der Waals surface area contributed by atoms with Crippen LogP contribution in [-0.2, 0) is 49.6 Å². The molecule has 0 unspecified atom stereocenters. The quantitative estimate of drug-likeness (QED) is 0.111. The Morgan fingerprint density at radius 1 is 0.623 bits per heavy atom. The summed E-state index contributed by atoms with van der Waals surface area (Å²) in [6, 6.07) is 2.36. The first-order valence-electron chi connectivity index (χ1n) is 17.4. The number of alkyl carbamates (subject to hydrolysis) is 1. The summed E-state index contributed by atoms with van der Waals surface area (Å²) in [6.45, 7) is 15.8. The molecule has 6 amide bonds. The van der Waals surface area contributed by atoms with Gasteiger partial charge in [0.05, 0.1) is 12.2 Å². The van der Waals surface area contributed by atoms with Crippen LogP contribution >= 0.6 is 11.8 Å². The normalized spacial score (nSPS) is 14.8. The molecule has 1 rings (SSSR count). The number of hydrogen-bond acceptors (Lipinski definition) is 11. The predicted molar refractivity (Wildman–Crippen MR) is 200 cm³/mol. The van der Waals surface area contributed by atoms with Crippen molar-refractivity contribution < 1.29 is 47.8 Å². The van der Waals surface area contributed by atoms with E-state index in [-0.39, 0.29) is 19.6 Å². The van der Waals surface area contributed by atoms with Crippen LogP contribution in [0.2, 0.25) is 0 Å². The molecule has 16 nitrogen and oxygen atoms in total. The van der Waals surface area contributed by atoms with E-state index >= 15 is 0 Å². The average molecular weight is 767 g/mol. The third-order valence-corrected chi connectivity index (χ3v) is 7.77. The number of rotatable bonds is 19. The number of amides is 6. The number of benzene rings is 1. The van der Waals surface area contributed by atoms with Gasteiger partial charge in [0.2, 0.25) is 29.5 Å². The van der Waals surface area contributed by atoms with Crippen LogP contribution in [0.1, 0.15) is 81.2 Å². The van der Waals surface area contributed by atoms with Crippen LogP contribution in [0.15, 0.2) is 30.3 Å². The predicted octanol–water partition coefficient (Wildman–Crippen LogP) is 1.69. The number of thioether (sulfide) groups is 1. The van der Waals surface area contributed by atoms with Crippen molar-refractivity contribution in [2.45, 2.75) is 130 Å². The number of carbonyl (C=O) groups excluding carboxylic acids is 7. The van der Waals surface area contributed by atoms with Crippen molar-refractivity contribution in [3.63, 3.8) is 0 Å². The van der Waals surface area contributed by atoms with E-state index in [2.05, 4.69) is 31.9 Å².